The molecule has 1 amide bonds. The number of hydrogen-bond acceptors (Lipinski definition) is 2. The lowest BCUT2D eigenvalue weighted by Gasteiger charge is -2.21. The molecule has 0 unspecified atom stereocenters. The highest BCUT2D eigenvalue weighted by atomic mass is 35.5. The summed E-state index contributed by atoms with van der Waals surface area (Å²) < 4.78 is 0. The monoisotopic (exact) mass is 238 g/mol. The predicted octanol–water partition coefficient (Wildman–Crippen LogP) is 1.97. The van der Waals surface area contributed by atoms with Crippen LogP contribution in [0.2, 0.25) is 5.02 Å². The van der Waals surface area contributed by atoms with Crippen molar-refractivity contribution < 1.29 is 4.79 Å². The molecule has 0 aliphatic carbocycles. The summed E-state index contributed by atoms with van der Waals surface area (Å²) in [6.07, 6.45) is 0.969. The molecule has 0 radical (unpaired) electrons. The third-order valence-electron chi connectivity index (χ3n) is 2.78. The number of rotatable bonds is 1. The maximum Gasteiger partial charge on any atom is 0.239 e. The number of carbonyl (C=O) groups is 1. The van der Waals surface area contributed by atoms with Crippen LogP contribution in [-0.2, 0) is 4.79 Å². The number of halogens is 1. The van der Waals surface area contributed by atoms with E-state index in [2.05, 4.69) is 10.2 Å². The number of anilines is 1. The first-order valence-corrected chi connectivity index (χ1v) is 5.82. The lowest BCUT2D eigenvalue weighted by molar-refractivity contribution is -0.119. The molecule has 1 N–H and O–H groups in total. The quantitative estimate of drug-likeness (QED) is 0.812. The molecule has 1 aliphatic heterocycles. The third-order valence-corrected chi connectivity index (χ3v) is 3.19. The van der Waals surface area contributed by atoms with Gasteiger partial charge in [0, 0.05) is 23.8 Å². The van der Waals surface area contributed by atoms with Crippen LogP contribution in [-0.4, -0.2) is 25.5 Å². The molecule has 0 spiro atoms. The minimum Gasteiger partial charge on any atom is -0.362 e. The molecule has 0 bridgehead atoms. The van der Waals surface area contributed by atoms with Gasteiger partial charge in [0.1, 0.15) is 0 Å². The summed E-state index contributed by atoms with van der Waals surface area (Å²) in [4.78, 5) is 13.5. The van der Waals surface area contributed by atoms with E-state index in [1.165, 1.54) is 0 Å². The predicted molar refractivity (Wildman–Crippen MR) is 66.0 cm³/mol. The SMILES string of the molecule is Cc1ccc(N2CCCNC(=O)C2)cc1Cl. The fourth-order valence-electron chi connectivity index (χ4n) is 1.80. The molecule has 0 saturated carbocycles. The second-order valence-corrected chi connectivity index (χ2v) is 4.47. The van der Waals surface area contributed by atoms with Crippen LogP contribution in [0.4, 0.5) is 5.69 Å². The van der Waals surface area contributed by atoms with Gasteiger partial charge in [-0.3, -0.25) is 4.79 Å². The van der Waals surface area contributed by atoms with Gasteiger partial charge in [-0.15, -0.1) is 0 Å². The number of carbonyl (C=O) groups excluding carboxylic acids is 1. The number of nitrogens with zero attached hydrogens (tertiary/aromatic N) is 1. The number of hydrogen-bond donors (Lipinski definition) is 1. The maximum absolute atomic E-state index is 11.4. The van der Waals surface area contributed by atoms with Crippen molar-refractivity contribution in [3.8, 4) is 0 Å². The molecule has 1 aromatic carbocycles. The van der Waals surface area contributed by atoms with Crippen molar-refractivity contribution in [2.75, 3.05) is 24.5 Å². The average molecular weight is 239 g/mol. The van der Waals surface area contributed by atoms with Gasteiger partial charge in [0.25, 0.3) is 0 Å². The van der Waals surface area contributed by atoms with Crippen molar-refractivity contribution in [3.63, 3.8) is 0 Å². The van der Waals surface area contributed by atoms with Crippen LogP contribution in [0.5, 0.6) is 0 Å². The van der Waals surface area contributed by atoms with Crippen molar-refractivity contribution in [1.82, 2.24) is 5.32 Å². The molecule has 1 aliphatic rings. The molecule has 0 atom stereocenters. The van der Waals surface area contributed by atoms with Crippen molar-refractivity contribution >= 4 is 23.2 Å². The first-order valence-electron chi connectivity index (χ1n) is 5.44. The van der Waals surface area contributed by atoms with Crippen molar-refractivity contribution in [2.45, 2.75) is 13.3 Å². The van der Waals surface area contributed by atoms with Gasteiger partial charge in [-0.25, -0.2) is 0 Å². The minimum absolute atomic E-state index is 0.0780. The molecule has 1 heterocycles. The Morgan fingerprint density at radius 2 is 2.25 bits per heavy atom. The van der Waals surface area contributed by atoms with Gasteiger partial charge in [0.05, 0.1) is 6.54 Å². The molecular formula is C12H15ClN2O. The Morgan fingerprint density at radius 1 is 1.44 bits per heavy atom. The van der Waals surface area contributed by atoms with E-state index in [0.29, 0.717) is 6.54 Å². The van der Waals surface area contributed by atoms with Crippen molar-refractivity contribution in [1.29, 1.82) is 0 Å². The second-order valence-electron chi connectivity index (χ2n) is 4.06. The molecule has 86 valence electrons. The fourth-order valence-corrected chi connectivity index (χ4v) is 1.98. The highest BCUT2D eigenvalue weighted by molar-refractivity contribution is 6.31. The van der Waals surface area contributed by atoms with E-state index < -0.39 is 0 Å². The largest absolute Gasteiger partial charge is 0.362 e. The van der Waals surface area contributed by atoms with Gasteiger partial charge in [-0.05, 0) is 31.0 Å². The molecule has 1 saturated heterocycles. The van der Waals surface area contributed by atoms with Crippen LogP contribution >= 0.6 is 11.6 Å². The molecule has 3 nitrogen and oxygen atoms in total. The van der Waals surface area contributed by atoms with E-state index in [-0.39, 0.29) is 5.91 Å². The lowest BCUT2D eigenvalue weighted by atomic mass is 10.2. The first kappa shape index (κ1) is 11.3. The average Bonchev–Trinajstić information content (AvgIpc) is 2.47. The first-order chi connectivity index (χ1) is 7.66. The van der Waals surface area contributed by atoms with E-state index in [1.807, 2.05) is 25.1 Å². The molecule has 0 aromatic heterocycles. The van der Waals surface area contributed by atoms with Crippen LogP contribution in [0.3, 0.4) is 0 Å². The zero-order valence-corrected chi connectivity index (χ0v) is 10.0. The molecular weight excluding hydrogens is 224 g/mol. The topological polar surface area (TPSA) is 32.3 Å². The Hall–Kier alpha value is -1.22. The fraction of sp³-hybridized carbons (Fsp3) is 0.417. The zero-order chi connectivity index (χ0) is 11.5. The van der Waals surface area contributed by atoms with Gasteiger partial charge in [-0.2, -0.15) is 0 Å². The third kappa shape index (κ3) is 2.47. The zero-order valence-electron chi connectivity index (χ0n) is 9.29. The number of nitrogens with one attached hydrogen (secondary N) is 1. The Balaban J connectivity index is 2.21. The summed E-state index contributed by atoms with van der Waals surface area (Å²) in [5.74, 6) is 0.0780. The second kappa shape index (κ2) is 4.74. The number of benzene rings is 1. The smallest absolute Gasteiger partial charge is 0.239 e. The lowest BCUT2D eigenvalue weighted by Crippen LogP contribution is -2.32. The summed E-state index contributed by atoms with van der Waals surface area (Å²) in [5, 5.41) is 3.61. The van der Waals surface area contributed by atoms with E-state index in [4.69, 9.17) is 11.6 Å². The van der Waals surface area contributed by atoms with Crippen molar-refractivity contribution in [3.05, 3.63) is 28.8 Å². The van der Waals surface area contributed by atoms with Crippen LogP contribution in [0.15, 0.2) is 18.2 Å². The molecule has 4 heteroatoms. The summed E-state index contributed by atoms with van der Waals surface area (Å²) in [6, 6.07) is 5.93. The summed E-state index contributed by atoms with van der Waals surface area (Å²) in [7, 11) is 0. The van der Waals surface area contributed by atoms with Gasteiger partial charge in [0.15, 0.2) is 0 Å². The van der Waals surface area contributed by atoms with Crippen LogP contribution < -0.4 is 10.2 Å². The molecule has 2 rings (SSSR count). The van der Waals surface area contributed by atoms with Gasteiger partial charge < -0.3 is 10.2 Å². The number of aryl methyl sites for hydroxylation is 1. The van der Waals surface area contributed by atoms with E-state index in [0.717, 1.165) is 35.8 Å². The van der Waals surface area contributed by atoms with E-state index >= 15 is 0 Å². The van der Waals surface area contributed by atoms with Crippen LogP contribution in [0.1, 0.15) is 12.0 Å². The Kier molecular flexibility index (Phi) is 3.34. The van der Waals surface area contributed by atoms with Crippen molar-refractivity contribution in [2.24, 2.45) is 0 Å². The summed E-state index contributed by atoms with van der Waals surface area (Å²) in [6.45, 7) is 4.04. The van der Waals surface area contributed by atoms with Gasteiger partial charge in [-0.1, -0.05) is 17.7 Å². The van der Waals surface area contributed by atoms with E-state index in [9.17, 15) is 4.79 Å². The van der Waals surface area contributed by atoms with Gasteiger partial charge in [0.2, 0.25) is 5.91 Å². The highest BCUT2D eigenvalue weighted by Crippen LogP contribution is 2.23. The maximum atomic E-state index is 11.4. The minimum atomic E-state index is 0.0780. The Bertz CT molecular complexity index is 406. The Morgan fingerprint density at radius 3 is 3.00 bits per heavy atom. The van der Waals surface area contributed by atoms with Crippen LogP contribution in [0.25, 0.3) is 0 Å². The van der Waals surface area contributed by atoms with E-state index in [1.54, 1.807) is 0 Å². The van der Waals surface area contributed by atoms with Crippen LogP contribution in [0, 0.1) is 6.92 Å². The number of amides is 1. The summed E-state index contributed by atoms with van der Waals surface area (Å²) >= 11 is 6.08. The summed E-state index contributed by atoms with van der Waals surface area (Å²) in [5.41, 5.74) is 2.08. The van der Waals surface area contributed by atoms with Gasteiger partial charge >= 0.3 is 0 Å². The Labute approximate surface area is 100 Å². The highest BCUT2D eigenvalue weighted by Gasteiger charge is 2.15. The normalized spacial score (nSPS) is 16.9. The standard InChI is InChI=1S/C12H15ClN2O/c1-9-3-4-10(7-11(9)13)15-6-2-5-14-12(16)8-15/h3-4,7H,2,5-6,8H2,1H3,(H,14,16). The molecule has 1 fully saturated rings. The molecule has 1 aromatic rings. The molecule has 16 heavy (non-hydrogen) atoms.